The van der Waals surface area contributed by atoms with Gasteiger partial charge in [-0.05, 0) is 48.4 Å². The summed E-state index contributed by atoms with van der Waals surface area (Å²) in [7, 11) is 0. The zero-order chi connectivity index (χ0) is 21.1. The van der Waals surface area contributed by atoms with Crippen molar-refractivity contribution >= 4 is 33.2 Å². The Kier molecular flexibility index (Phi) is 6.42. The van der Waals surface area contributed by atoms with Crippen LogP contribution >= 0.6 is 27.5 Å². The van der Waals surface area contributed by atoms with Crippen LogP contribution in [0.2, 0.25) is 5.02 Å². The third-order valence-corrected chi connectivity index (χ3v) is 5.89. The van der Waals surface area contributed by atoms with Crippen LogP contribution in [-0.4, -0.2) is 17.4 Å². The fourth-order valence-electron chi connectivity index (χ4n) is 3.63. The monoisotopic (exact) mass is 484 g/mol. The molecule has 0 bridgehead atoms. The molecule has 1 aliphatic heterocycles. The molecule has 0 saturated heterocycles. The van der Waals surface area contributed by atoms with E-state index in [0.717, 1.165) is 26.9 Å². The number of aliphatic imine (C=N–C) groups is 1. The molecule has 1 heterocycles. The Morgan fingerprint density at radius 2 is 1.83 bits per heavy atom. The lowest BCUT2D eigenvalue weighted by atomic mass is 9.93. The minimum atomic E-state index is -0.255. The third kappa shape index (κ3) is 4.53. The number of hydrogen-bond donors (Lipinski definition) is 2. The lowest BCUT2D eigenvalue weighted by molar-refractivity contribution is 0.313. The molecule has 0 unspecified atom stereocenters. The Balaban J connectivity index is 1.74. The number of hydrogen-bond acceptors (Lipinski definition) is 4. The first-order valence-electron chi connectivity index (χ1n) is 9.84. The van der Waals surface area contributed by atoms with Gasteiger partial charge in [-0.3, -0.25) is 10.3 Å². The molecule has 4 rings (SSSR count). The van der Waals surface area contributed by atoms with E-state index in [1.165, 1.54) is 0 Å². The Bertz CT molecular complexity index is 1050. The van der Waals surface area contributed by atoms with Crippen molar-refractivity contribution in [2.24, 2.45) is 4.99 Å². The second-order valence-corrected chi connectivity index (χ2v) is 8.44. The number of nitrogens with one attached hydrogen (secondary N) is 1. The molecule has 2 N–H and O–H groups in total. The van der Waals surface area contributed by atoms with Crippen molar-refractivity contribution in [1.82, 2.24) is 5.32 Å². The minimum Gasteiger partial charge on any atom is -0.504 e. The fourth-order valence-corrected chi connectivity index (χ4v) is 4.02. The lowest BCUT2D eigenvalue weighted by Gasteiger charge is -2.31. The van der Waals surface area contributed by atoms with Crippen LogP contribution in [0.4, 0.5) is 0 Å². The second kappa shape index (κ2) is 9.21. The van der Waals surface area contributed by atoms with Crippen molar-refractivity contribution in [3.63, 3.8) is 0 Å². The standard InChI is InChI=1S/C24H22BrClN2O2/c1-2-30-22-5-3-4-19(23(22)29)21-14-20(15-6-10-17(25)11-7-15)27-24(28-21)16-8-12-18(26)13-9-16/h3-13,21,24,28-29H,2,14H2,1H3/t21-,24+/m0/s1. The first kappa shape index (κ1) is 20.9. The number of halogens is 2. The highest BCUT2D eigenvalue weighted by Gasteiger charge is 2.28. The molecule has 0 saturated carbocycles. The summed E-state index contributed by atoms with van der Waals surface area (Å²) in [6, 6.07) is 21.3. The summed E-state index contributed by atoms with van der Waals surface area (Å²) in [6.45, 7) is 2.40. The van der Waals surface area contributed by atoms with Gasteiger partial charge in [0.05, 0.1) is 6.61 Å². The maximum absolute atomic E-state index is 10.8. The van der Waals surface area contributed by atoms with Gasteiger partial charge in [0.15, 0.2) is 11.5 Å². The second-order valence-electron chi connectivity index (χ2n) is 7.09. The number of benzene rings is 3. The highest BCUT2D eigenvalue weighted by atomic mass is 79.9. The van der Waals surface area contributed by atoms with Gasteiger partial charge >= 0.3 is 0 Å². The number of rotatable bonds is 5. The van der Waals surface area contributed by atoms with E-state index in [9.17, 15) is 5.11 Å². The van der Waals surface area contributed by atoms with Crippen LogP contribution in [0.1, 0.15) is 42.2 Å². The van der Waals surface area contributed by atoms with Crippen LogP contribution in [0.25, 0.3) is 0 Å². The van der Waals surface area contributed by atoms with Gasteiger partial charge in [0.2, 0.25) is 0 Å². The lowest BCUT2D eigenvalue weighted by Crippen LogP contribution is -2.33. The van der Waals surface area contributed by atoms with Gasteiger partial charge in [-0.2, -0.15) is 0 Å². The molecule has 0 aromatic heterocycles. The average molecular weight is 486 g/mol. The molecule has 154 valence electrons. The molecule has 6 heteroatoms. The molecule has 0 spiro atoms. The molecule has 0 amide bonds. The maximum atomic E-state index is 10.8. The zero-order valence-electron chi connectivity index (χ0n) is 16.5. The molecule has 0 radical (unpaired) electrons. The van der Waals surface area contributed by atoms with Crippen molar-refractivity contribution < 1.29 is 9.84 Å². The first-order valence-corrected chi connectivity index (χ1v) is 11.0. The van der Waals surface area contributed by atoms with E-state index in [4.69, 9.17) is 21.3 Å². The molecule has 3 aromatic rings. The minimum absolute atomic E-state index is 0.123. The fraction of sp³-hybridized carbons (Fsp3) is 0.208. The average Bonchev–Trinajstić information content (AvgIpc) is 2.76. The van der Waals surface area contributed by atoms with Crippen LogP contribution in [0, 0.1) is 0 Å². The molecular weight excluding hydrogens is 464 g/mol. The Morgan fingerprint density at radius 3 is 2.53 bits per heavy atom. The maximum Gasteiger partial charge on any atom is 0.162 e. The summed E-state index contributed by atoms with van der Waals surface area (Å²) in [5, 5.41) is 15.1. The van der Waals surface area contributed by atoms with Gasteiger partial charge in [-0.25, -0.2) is 0 Å². The van der Waals surface area contributed by atoms with Crippen LogP contribution in [0.15, 0.2) is 76.2 Å². The molecule has 1 aliphatic rings. The third-order valence-electron chi connectivity index (χ3n) is 5.11. The quantitative estimate of drug-likeness (QED) is 0.438. The summed E-state index contributed by atoms with van der Waals surface area (Å²) in [6.07, 6.45) is 0.393. The summed E-state index contributed by atoms with van der Waals surface area (Å²) >= 11 is 9.57. The number of aromatic hydroxyl groups is 1. The summed E-state index contributed by atoms with van der Waals surface area (Å²) < 4.78 is 6.61. The normalized spacial score (nSPS) is 18.7. The first-order chi connectivity index (χ1) is 14.5. The SMILES string of the molecule is CCOc1cccc([C@@H]2CC(c3ccc(Br)cc3)=N[C@@H](c3ccc(Cl)cc3)N2)c1O. The number of nitrogens with zero attached hydrogens (tertiary/aromatic N) is 1. The van der Waals surface area contributed by atoms with Crippen LogP contribution in [0.5, 0.6) is 11.5 Å². The van der Waals surface area contributed by atoms with Gasteiger partial charge in [0, 0.05) is 33.2 Å². The Hall–Kier alpha value is -2.34. The molecule has 3 aromatic carbocycles. The van der Waals surface area contributed by atoms with Crippen molar-refractivity contribution in [1.29, 1.82) is 0 Å². The Morgan fingerprint density at radius 1 is 1.10 bits per heavy atom. The predicted octanol–water partition coefficient (Wildman–Crippen LogP) is 6.43. The predicted molar refractivity (Wildman–Crippen MR) is 125 cm³/mol. The van der Waals surface area contributed by atoms with Crippen molar-refractivity contribution in [3.8, 4) is 11.5 Å². The summed E-state index contributed by atoms with van der Waals surface area (Å²) in [5.41, 5.74) is 3.85. The van der Waals surface area contributed by atoms with Crippen LogP contribution in [0.3, 0.4) is 0 Å². The highest BCUT2D eigenvalue weighted by molar-refractivity contribution is 9.10. The van der Waals surface area contributed by atoms with E-state index in [2.05, 4.69) is 33.4 Å². The molecule has 0 aliphatic carbocycles. The van der Waals surface area contributed by atoms with E-state index >= 15 is 0 Å². The number of phenols is 1. The summed E-state index contributed by atoms with van der Waals surface area (Å²) in [5.74, 6) is 0.663. The number of ether oxygens (including phenoxy) is 1. The van der Waals surface area contributed by atoms with Gasteiger partial charge in [-0.15, -0.1) is 0 Å². The Labute approximate surface area is 189 Å². The van der Waals surface area contributed by atoms with E-state index in [-0.39, 0.29) is 18.0 Å². The molecule has 2 atom stereocenters. The van der Waals surface area contributed by atoms with Crippen molar-refractivity contribution in [2.45, 2.75) is 25.6 Å². The largest absolute Gasteiger partial charge is 0.504 e. The number of para-hydroxylation sites is 1. The van der Waals surface area contributed by atoms with E-state index in [1.54, 1.807) is 6.07 Å². The number of phenolic OH excluding ortho intramolecular Hbond substituents is 1. The van der Waals surface area contributed by atoms with Gasteiger partial charge in [0.1, 0.15) is 6.17 Å². The smallest absolute Gasteiger partial charge is 0.162 e. The zero-order valence-corrected chi connectivity index (χ0v) is 18.8. The van der Waals surface area contributed by atoms with Crippen molar-refractivity contribution in [2.75, 3.05) is 6.61 Å². The molecule has 30 heavy (non-hydrogen) atoms. The van der Waals surface area contributed by atoms with Gasteiger partial charge < -0.3 is 9.84 Å². The van der Waals surface area contributed by atoms with E-state index in [0.29, 0.717) is 23.8 Å². The summed E-state index contributed by atoms with van der Waals surface area (Å²) in [4.78, 5) is 4.98. The molecular formula is C24H22BrClN2O2. The van der Waals surface area contributed by atoms with Crippen LogP contribution in [-0.2, 0) is 0 Å². The topological polar surface area (TPSA) is 53.8 Å². The van der Waals surface area contributed by atoms with Gasteiger partial charge in [0.25, 0.3) is 0 Å². The van der Waals surface area contributed by atoms with E-state index in [1.807, 2.05) is 55.5 Å². The highest BCUT2D eigenvalue weighted by Crippen LogP contribution is 2.39. The molecule has 4 nitrogen and oxygen atoms in total. The molecule has 0 fully saturated rings. The van der Waals surface area contributed by atoms with E-state index < -0.39 is 0 Å². The van der Waals surface area contributed by atoms with Crippen LogP contribution < -0.4 is 10.1 Å². The van der Waals surface area contributed by atoms with Crippen molar-refractivity contribution in [3.05, 3.63) is 92.9 Å². The van der Waals surface area contributed by atoms with Gasteiger partial charge in [-0.1, -0.05) is 63.9 Å².